The molecular weight excluding hydrogens is 300 g/mol. The predicted molar refractivity (Wildman–Crippen MR) is 69.0 cm³/mol. The Morgan fingerprint density at radius 3 is 2.89 bits per heavy atom. The van der Waals surface area contributed by atoms with E-state index in [1.165, 1.54) is 6.07 Å². The van der Waals surface area contributed by atoms with Gasteiger partial charge in [0.05, 0.1) is 13.7 Å². The Labute approximate surface area is 112 Å². The Morgan fingerprint density at radius 2 is 2.28 bits per heavy atom. The highest BCUT2D eigenvalue weighted by Gasteiger charge is 2.08. The number of ether oxygens (including phenoxy) is 1. The molecule has 1 aromatic heterocycles. The van der Waals surface area contributed by atoms with E-state index in [1.807, 2.05) is 18.2 Å². The maximum Gasteiger partial charge on any atom is 0.356 e. The van der Waals surface area contributed by atoms with Crippen molar-refractivity contribution in [2.24, 2.45) is 0 Å². The molecular formula is C12H11BrN2O3. The van der Waals surface area contributed by atoms with Crippen LogP contribution >= 0.6 is 15.9 Å². The molecule has 0 amide bonds. The van der Waals surface area contributed by atoms with Gasteiger partial charge in [0.25, 0.3) is 0 Å². The standard InChI is InChI=1S/C12H11BrN2O3/c1-18-9-2-3-10(13)8(6-9)7-15-5-4-11(14-15)12(16)17/h2-6H,7H2,1H3,(H,16,17). The molecule has 94 valence electrons. The summed E-state index contributed by atoms with van der Waals surface area (Å²) in [7, 11) is 1.60. The van der Waals surface area contributed by atoms with Crippen molar-refractivity contribution >= 4 is 21.9 Å². The molecule has 0 spiro atoms. The number of methoxy groups -OCH3 is 1. The van der Waals surface area contributed by atoms with Crippen molar-refractivity contribution in [2.45, 2.75) is 6.54 Å². The smallest absolute Gasteiger partial charge is 0.356 e. The fraction of sp³-hybridized carbons (Fsp3) is 0.167. The maximum absolute atomic E-state index is 10.7. The summed E-state index contributed by atoms with van der Waals surface area (Å²) in [6.45, 7) is 0.477. The van der Waals surface area contributed by atoms with Crippen LogP contribution in [0.15, 0.2) is 34.9 Å². The Balaban J connectivity index is 2.24. The molecule has 0 aliphatic heterocycles. The van der Waals surface area contributed by atoms with Gasteiger partial charge in [0.1, 0.15) is 5.75 Å². The lowest BCUT2D eigenvalue weighted by molar-refractivity contribution is 0.0689. The first-order valence-electron chi connectivity index (χ1n) is 5.19. The van der Waals surface area contributed by atoms with E-state index in [2.05, 4.69) is 21.0 Å². The highest BCUT2D eigenvalue weighted by Crippen LogP contribution is 2.23. The molecule has 1 N–H and O–H groups in total. The summed E-state index contributed by atoms with van der Waals surface area (Å²) in [6, 6.07) is 7.08. The Bertz CT molecular complexity index is 580. The molecule has 0 saturated heterocycles. The molecule has 0 fully saturated rings. The summed E-state index contributed by atoms with van der Waals surface area (Å²) in [5.41, 5.74) is 1.00. The fourth-order valence-corrected chi connectivity index (χ4v) is 1.91. The van der Waals surface area contributed by atoms with Crippen LogP contribution in [0.25, 0.3) is 0 Å². The number of benzene rings is 1. The minimum atomic E-state index is -1.03. The molecule has 1 aromatic carbocycles. The van der Waals surface area contributed by atoms with E-state index in [0.717, 1.165) is 15.8 Å². The topological polar surface area (TPSA) is 64.3 Å². The highest BCUT2D eigenvalue weighted by atomic mass is 79.9. The van der Waals surface area contributed by atoms with Crippen LogP contribution in [0.2, 0.25) is 0 Å². The summed E-state index contributed by atoms with van der Waals surface area (Å²) in [5, 5.41) is 12.8. The van der Waals surface area contributed by atoms with E-state index in [4.69, 9.17) is 9.84 Å². The second-order valence-corrected chi connectivity index (χ2v) is 4.52. The first-order valence-corrected chi connectivity index (χ1v) is 5.98. The van der Waals surface area contributed by atoms with Gasteiger partial charge < -0.3 is 9.84 Å². The number of hydrogen-bond acceptors (Lipinski definition) is 3. The molecule has 0 aliphatic carbocycles. The van der Waals surface area contributed by atoms with E-state index in [1.54, 1.807) is 18.0 Å². The van der Waals surface area contributed by atoms with Gasteiger partial charge in [-0.3, -0.25) is 4.68 Å². The molecule has 2 rings (SSSR count). The van der Waals surface area contributed by atoms with Crippen LogP contribution in [0.4, 0.5) is 0 Å². The molecule has 2 aromatic rings. The van der Waals surface area contributed by atoms with Crippen molar-refractivity contribution in [3.05, 3.63) is 46.2 Å². The monoisotopic (exact) mass is 310 g/mol. The molecule has 0 radical (unpaired) electrons. The van der Waals surface area contributed by atoms with Gasteiger partial charge in [-0.15, -0.1) is 0 Å². The van der Waals surface area contributed by atoms with E-state index in [9.17, 15) is 4.79 Å². The number of halogens is 1. The van der Waals surface area contributed by atoms with Crippen molar-refractivity contribution in [1.82, 2.24) is 9.78 Å². The van der Waals surface area contributed by atoms with Gasteiger partial charge in [0.15, 0.2) is 5.69 Å². The van der Waals surface area contributed by atoms with Crippen molar-refractivity contribution in [2.75, 3.05) is 7.11 Å². The van der Waals surface area contributed by atoms with Crippen LogP contribution in [0.1, 0.15) is 16.1 Å². The summed E-state index contributed by atoms with van der Waals surface area (Å²) in [4.78, 5) is 10.7. The van der Waals surface area contributed by atoms with E-state index >= 15 is 0 Å². The van der Waals surface area contributed by atoms with Crippen LogP contribution in [-0.4, -0.2) is 28.0 Å². The molecule has 0 unspecified atom stereocenters. The Kier molecular flexibility index (Phi) is 3.66. The average molecular weight is 311 g/mol. The van der Waals surface area contributed by atoms with Gasteiger partial charge in [0, 0.05) is 10.7 Å². The third-order valence-corrected chi connectivity index (χ3v) is 3.22. The second kappa shape index (κ2) is 5.22. The molecule has 6 heteroatoms. The van der Waals surface area contributed by atoms with Crippen LogP contribution in [0, 0.1) is 0 Å². The lowest BCUT2D eigenvalue weighted by Gasteiger charge is -2.07. The normalized spacial score (nSPS) is 10.3. The quantitative estimate of drug-likeness (QED) is 0.942. The van der Waals surface area contributed by atoms with Crippen molar-refractivity contribution < 1.29 is 14.6 Å². The second-order valence-electron chi connectivity index (χ2n) is 3.66. The van der Waals surface area contributed by atoms with Gasteiger partial charge in [0.2, 0.25) is 0 Å². The molecule has 5 nitrogen and oxygen atoms in total. The number of aromatic nitrogens is 2. The summed E-state index contributed by atoms with van der Waals surface area (Å²) in [5.74, 6) is -0.280. The summed E-state index contributed by atoms with van der Waals surface area (Å²) >= 11 is 3.44. The number of carboxylic acids is 1. The minimum absolute atomic E-state index is 0.0361. The zero-order chi connectivity index (χ0) is 13.1. The number of hydrogen-bond donors (Lipinski definition) is 1. The first kappa shape index (κ1) is 12.6. The molecule has 18 heavy (non-hydrogen) atoms. The lowest BCUT2D eigenvalue weighted by atomic mass is 10.2. The van der Waals surface area contributed by atoms with Crippen molar-refractivity contribution in [3.8, 4) is 5.75 Å². The maximum atomic E-state index is 10.7. The number of aromatic carboxylic acids is 1. The SMILES string of the molecule is COc1ccc(Br)c(Cn2ccc(C(=O)O)n2)c1. The zero-order valence-corrected chi connectivity index (χ0v) is 11.2. The zero-order valence-electron chi connectivity index (χ0n) is 9.63. The number of carboxylic acid groups (broad SMARTS) is 1. The molecule has 0 saturated carbocycles. The third kappa shape index (κ3) is 2.70. The van der Waals surface area contributed by atoms with Crippen LogP contribution in [0.5, 0.6) is 5.75 Å². The van der Waals surface area contributed by atoms with Crippen LogP contribution in [-0.2, 0) is 6.54 Å². The predicted octanol–water partition coefficient (Wildman–Crippen LogP) is 2.40. The highest BCUT2D eigenvalue weighted by molar-refractivity contribution is 9.10. The van der Waals surface area contributed by atoms with Crippen LogP contribution in [0.3, 0.4) is 0 Å². The first-order chi connectivity index (χ1) is 8.60. The molecule has 0 bridgehead atoms. The van der Waals surface area contributed by atoms with Crippen molar-refractivity contribution in [1.29, 1.82) is 0 Å². The minimum Gasteiger partial charge on any atom is -0.497 e. The Hall–Kier alpha value is -1.82. The lowest BCUT2D eigenvalue weighted by Crippen LogP contribution is -2.04. The van der Waals surface area contributed by atoms with E-state index in [-0.39, 0.29) is 5.69 Å². The Morgan fingerprint density at radius 1 is 1.50 bits per heavy atom. The third-order valence-electron chi connectivity index (χ3n) is 2.45. The van der Waals surface area contributed by atoms with Gasteiger partial charge >= 0.3 is 5.97 Å². The van der Waals surface area contributed by atoms with Gasteiger partial charge in [-0.05, 0) is 29.8 Å². The number of nitrogens with zero attached hydrogens (tertiary/aromatic N) is 2. The van der Waals surface area contributed by atoms with Crippen molar-refractivity contribution in [3.63, 3.8) is 0 Å². The largest absolute Gasteiger partial charge is 0.497 e. The van der Waals surface area contributed by atoms with Gasteiger partial charge in [-0.25, -0.2) is 4.79 Å². The number of rotatable bonds is 4. The van der Waals surface area contributed by atoms with Gasteiger partial charge in [-0.1, -0.05) is 15.9 Å². The fourth-order valence-electron chi connectivity index (χ4n) is 1.54. The van der Waals surface area contributed by atoms with E-state index in [0.29, 0.717) is 6.54 Å². The average Bonchev–Trinajstić information content (AvgIpc) is 2.81. The molecule has 1 heterocycles. The van der Waals surface area contributed by atoms with Gasteiger partial charge in [-0.2, -0.15) is 5.10 Å². The molecule has 0 atom stereocenters. The van der Waals surface area contributed by atoms with E-state index < -0.39 is 5.97 Å². The summed E-state index contributed by atoms with van der Waals surface area (Å²) in [6.07, 6.45) is 1.63. The molecule has 0 aliphatic rings. The summed E-state index contributed by atoms with van der Waals surface area (Å²) < 4.78 is 7.65. The van der Waals surface area contributed by atoms with Crippen LogP contribution < -0.4 is 4.74 Å². The number of carbonyl (C=O) groups is 1.